The fourth-order valence-corrected chi connectivity index (χ4v) is 5.20. The summed E-state index contributed by atoms with van der Waals surface area (Å²) in [6.45, 7) is -1.20. The van der Waals surface area contributed by atoms with Crippen LogP contribution in [0.25, 0.3) is 0 Å². The van der Waals surface area contributed by atoms with Gasteiger partial charge < -0.3 is 0 Å². The molecule has 16 heteroatoms. The molecule has 1 fully saturated rings. The van der Waals surface area contributed by atoms with Crippen molar-refractivity contribution in [2.24, 2.45) is 10.8 Å². The maximum absolute atomic E-state index is 12.8. The first-order chi connectivity index (χ1) is 14.1. The summed E-state index contributed by atoms with van der Waals surface area (Å²) < 4.78 is 128. The predicted molar refractivity (Wildman–Crippen MR) is 96.3 cm³/mol. The molecule has 1 rings (SSSR count). The van der Waals surface area contributed by atoms with E-state index >= 15 is 0 Å². The molecule has 0 aromatic heterocycles. The van der Waals surface area contributed by atoms with Gasteiger partial charge in [0.25, 0.3) is 20.2 Å². The van der Waals surface area contributed by atoms with Crippen LogP contribution in [0, 0.1) is 10.8 Å². The van der Waals surface area contributed by atoms with Gasteiger partial charge in [0.15, 0.2) is 13.2 Å². The van der Waals surface area contributed by atoms with E-state index < -0.39 is 92.5 Å². The van der Waals surface area contributed by atoms with Gasteiger partial charge in [0, 0.05) is 12.8 Å². The lowest BCUT2D eigenvalue weighted by molar-refractivity contribution is -0.153. The Balaban J connectivity index is 3.09. The van der Waals surface area contributed by atoms with Crippen LogP contribution in [0.4, 0.5) is 26.3 Å². The molecule has 0 saturated heterocycles. The van der Waals surface area contributed by atoms with Crippen molar-refractivity contribution in [3.63, 3.8) is 0 Å². The van der Waals surface area contributed by atoms with Gasteiger partial charge in [0.05, 0.1) is 16.9 Å². The van der Waals surface area contributed by atoms with Crippen molar-refractivity contribution >= 4 is 31.8 Å². The van der Waals surface area contributed by atoms with Crippen molar-refractivity contribution < 1.29 is 61.1 Å². The van der Waals surface area contributed by atoms with Crippen molar-refractivity contribution in [3.05, 3.63) is 0 Å². The number of Topliss-reactive ketones (excluding diaryl/α,β-unsaturated/α-hetero) is 2. The number of halogens is 6. The minimum Gasteiger partial charge on any atom is -0.299 e. The number of hydrogen-bond acceptors (Lipinski definition) is 8. The zero-order valence-corrected chi connectivity index (χ0v) is 18.6. The molecule has 0 heterocycles. The van der Waals surface area contributed by atoms with Gasteiger partial charge in [0.2, 0.25) is 0 Å². The van der Waals surface area contributed by atoms with Crippen molar-refractivity contribution in [1.29, 1.82) is 0 Å². The standard InChI is InChI=1S/C16H22F6O8S2/c1-13(2)7-11(23)14(12(24)8-13,3-5-31(25,26)29-9-15(17,18)19)4-6-32(27,28)30-10-16(20,21)22/h3-10H2,1-2H3. The first kappa shape index (κ1) is 28.8. The van der Waals surface area contributed by atoms with Crippen molar-refractivity contribution in [2.45, 2.75) is 51.9 Å². The van der Waals surface area contributed by atoms with Crippen LogP contribution in [0.5, 0.6) is 0 Å². The Hall–Kier alpha value is -1.26. The SMILES string of the molecule is CC1(C)CC(=O)C(CCS(=O)(=O)OCC(F)(F)F)(CCS(=O)(=O)OCC(F)(F)F)C(=O)C1. The average molecular weight is 520 g/mol. The Bertz CT molecular complexity index is 845. The zero-order chi connectivity index (χ0) is 25.2. The van der Waals surface area contributed by atoms with E-state index in [0.717, 1.165) is 0 Å². The van der Waals surface area contributed by atoms with E-state index in [2.05, 4.69) is 8.37 Å². The summed E-state index contributed by atoms with van der Waals surface area (Å²) in [6, 6.07) is 0. The molecule has 0 aromatic rings. The molecule has 1 saturated carbocycles. The van der Waals surface area contributed by atoms with Gasteiger partial charge in [-0.2, -0.15) is 43.2 Å². The molecule has 32 heavy (non-hydrogen) atoms. The number of alkyl halides is 6. The Labute approximate surface area is 180 Å². The Morgan fingerprint density at radius 3 is 1.34 bits per heavy atom. The van der Waals surface area contributed by atoms with Gasteiger partial charge in [-0.25, -0.2) is 0 Å². The highest BCUT2D eigenvalue weighted by atomic mass is 32.2. The minimum absolute atomic E-state index is 0.286. The molecule has 0 amide bonds. The number of carbonyl (C=O) groups is 2. The topological polar surface area (TPSA) is 121 Å². The quantitative estimate of drug-likeness (QED) is 0.245. The third kappa shape index (κ3) is 9.31. The molecule has 0 radical (unpaired) electrons. The fourth-order valence-electron chi connectivity index (χ4n) is 3.14. The van der Waals surface area contributed by atoms with Gasteiger partial charge in [-0.15, -0.1) is 0 Å². The fraction of sp³-hybridized carbons (Fsp3) is 0.875. The molecule has 0 aromatic carbocycles. The third-order valence-electron chi connectivity index (χ3n) is 4.71. The first-order valence-electron chi connectivity index (χ1n) is 9.03. The van der Waals surface area contributed by atoms with E-state index in [1.807, 2.05) is 0 Å². The smallest absolute Gasteiger partial charge is 0.299 e. The van der Waals surface area contributed by atoms with Gasteiger partial charge in [-0.3, -0.25) is 18.0 Å². The van der Waals surface area contributed by atoms with Crippen LogP contribution in [0.2, 0.25) is 0 Å². The zero-order valence-electron chi connectivity index (χ0n) is 17.0. The lowest BCUT2D eigenvalue weighted by Crippen LogP contribution is -2.49. The summed E-state index contributed by atoms with van der Waals surface area (Å²) in [6.07, 6.45) is -12.3. The lowest BCUT2D eigenvalue weighted by atomic mass is 9.61. The Kier molecular flexibility index (Phi) is 8.58. The number of carbonyl (C=O) groups excluding carboxylic acids is 2. The second kappa shape index (κ2) is 9.54. The normalized spacial score (nSPS) is 19.9. The second-order valence-corrected chi connectivity index (χ2v) is 11.7. The first-order valence-corrected chi connectivity index (χ1v) is 12.2. The molecule has 0 bridgehead atoms. The molecule has 0 N–H and O–H groups in total. The molecule has 1 aliphatic rings. The van der Waals surface area contributed by atoms with Crippen LogP contribution in [0.15, 0.2) is 0 Å². The van der Waals surface area contributed by atoms with E-state index in [4.69, 9.17) is 0 Å². The summed E-state index contributed by atoms with van der Waals surface area (Å²) in [5.74, 6) is -4.17. The van der Waals surface area contributed by atoms with Crippen molar-refractivity contribution in [2.75, 3.05) is 24.7 Å². The highest BCUT2D eigenvalue weighted by Crippen LogP contribution is 2.44. The highest BCUT2D eigenvalue weighted by molar-refractivity contribution is 7.87. The van der Waals surface area contributed by atoms with E-state index in [1.54, 1.807) is 13.8 Å². The molecular weight excluding hydrogens is 498 g/mol. The number of ketones is 2. The maximum atomic E-state index is 12.8. The van der Waals surface area contributed by atoms with Gasteiger partial charge in [-0.1, -0.05) is 13.8 Å². The largest absolute Gasteiger partial charge is 0.413 e. The maximum Gasteiger partial charge on any atom is 0.413 e. The average Bonchev–Trinajstić information content (AvgIpc) is 2.56. The number of hydrogen-bond donors (Lipinski definition) is 0. The van der Waals surface area contributed by atoms with Gasteiger partial charge in [0.1, 0.15) is 11.6 Å². The monoisotopic (exact) mass is 520 g/mol. The molecule has 1 aliphatic carbocycles. The van der Waals surface area contributed by atoms with E-state index in [9.17, 15) is 52.8 Å². The number of rotatable bonds is 10. The summed E-state index contributed by atoms with van der Waals surface area (Å²) in [4.78, 5) is 25.5. The van der Waals surface area contributed by atoms with E-state index in [0.29, 0.717) is 0 Å². The highest BCUT2D eigenvalue weighted by Gasteiger charge is 2.52. The summed E-state index contributed by atoms with van der Waals surface area (Å²) >= 11 is 0. The lowest BCUT2D eigenvalue weighted by Gasteiger charge is -2.40. The molecule has 0 aliphatic heterocycles. The van der Waals surface area contributed by atoms with Crippen LogP contribution < -0.4 is 0 Å². The molecule has 188 valence electrons. The van der Waals surface area contributed by atoms with Gasteiger partial charge in [-0.05, 0) is 18.3 Å². The Morgan fingerprint density at radius 2 is 1.06 bits per heavy atom. The summed E-state index contributed by atoms with van der Waals surface area (Å²) in [5.41, 5.74) is -3.09. The van der Waals surface area contributed by atoms with E-state index in [-0.39, 0.29) is 12.8 Å². The summed E-state index contributed by atoms with van der Waals surface area (Å²) in [5, 5.41) is 0. The molecule has 8 nitrogen and oxygen atoms in total. The van der Waals surface area contributed by atoms with Crippen LogP contribution >= 0.6 is 0 Å². The summed E-state index contributed by atoms with van der Waals surface area (Å²) in [7, 11) is -9.73. The molecule has 0 unspecified atom stereocenters. The Morgan fingerprint density at radius 1 is 0.750 bits per heavy atom. The van der Waals surface area contributed by atoms with Crippen molar-refractivity contribution in [3.8, 4) is 0 Å². The van der Waals surface area contributed by atoms with Crippen LogP contribution in [-0.4, -0.2) is 65.5 Å². The predicted octanol–water partition coefficient (Wildman–Crippen LogP) is 2.53. The van der Waals surface area contributed by atoms with E-state index in [1.165, 1.54) is 0 Å². The molecular formula is C16H22F6O8S2. The van der Waals surface area contributed by atoms with Crippen LogP contribution in [0.3, 0.4) is 0 Å². The van der Waals surface area contributed by atoms with Crippen molar-refractivity contribution in [1.82, 2.24) is 0 Å². The minimum atomic E-state index is -4.98. The van der Waals surface area contributed by atoms with Crippen LogP contribution in [0.1, 0.15) is 39.5 Å². The second-order valence-electron chi connectivity index (χ2n) is 8.22. The molecule has 0 atom stereocenters. The van der Waals surface area contributed by atoms with Crippen LogP contribution in [-0.2, 0) is 38.2 Å². The molecule has 0 spiro atoms. The van der Waals surface area contributed by atoms with Gasteiger partial charge >= 0.3 is 12.4 Å². The third-order valence-corrected chi connectivity index (χ3v) is 7.07.